The summed E-state index contributed by atoms with van der Waals surface area (Å²) in [5.74, 6) is -0.156. The summed E-state index contributed by atoms with van der Waals surface area (Å²) in [5.41, 5.74) is 2.65. The van der Waals surface area contributed by atoms with Crippen molar-refractivity contribution < 1.29 is 18.0 Å². The van der Waals surface area contributed by atoms with Crippen molar-refractivity contribution >= 4 is 37.6 Å². The number of sulfonamides is 1. The van der Waals surface area contributed by atoms with Crippen LogP contribution in [-0.4, -0.2) is 61.5 Å². The molecule has 9 heteroatoms. The molecule has 1 amide bonds. The highest BCUT2D eigenvalue weighted by atomic mass is 79.9. The predicted octanol–water partition coefficient (Wildman–Crippen LogP) is 2.78. The van der Waals surface area contributed by atoms with Crippen molar-refractivity contribution in [3.63, 3.8) is 0 Å². The molecule has 0 spiro atoms. The Morgan fingerprint density at radius 2 is 1.80 bits per heavy atom. The number of aryl methyl sites for hydroxylation is 1. The highest BCUT2D eigenvalue weighted by molar-refractivity contribution is 9.10. The number of benzene rings is 2. The van der Waals surface area contributed by atoms with Gasteiger partial charge in [-0.1, -0.05) is 50.9 Å². The first-order valence-corrected chi connectivity index (χ1v) is 11.9. The molecule has 4 rings (SSSR count). The maximum atomic E-state index is 12.9. The standard InChI is InChI=1S/C21H22BrN3O4S/c1-15-5-7-18(8-6-15)30(27,28)25-11-9-24(10-12-25)21(26)20-14-19(23-29-20)16-3-2-4-17(22)13-16/h2-8,13,20H,9-12,14H2,1H3. The molecule has 2 aromatic rings. The Morgan fingerprint density at radius 3 is 2.47 bits per heavy atom. The lowest BCUT2D eigenvalue weighted by molar-refractivity contribution is -0.143. The third kappa shape index (κ3) is 4.28. The molecule has 158 valence electrons. The van der Waals surface area contributed by atoms with E-state index in [0.717, 1.165) is 21.3 Å². The Labute approximate surface area is 184 Å². The van der Waals surface area contributed by atoms with E-state index in [4.69, 9.17) is 4.84 Å². The number of hydrogen-bond acceptors (Lipinski definition) is 5. The zero-order chi connectivity index (χ0) is 21.3. The third-order valence-electron chi connectivity index (χ3n) is 5.31. The molecule has 2 heterocycles. The summed E-state index contributed by atoms with van der Waals surface area (Å²) in [6, 6.07) is 14.5. The molecule has 0 aliphatic carbocycles. The van der Waals surface area contributed by atoms with E-state index in [0.29, 0.717) is 19.5 Å². The van der Waals surface area contributed by atoms with Gasteiger partial charge in [0.1, 0.15) is 0 Å². The van der Waals surface area contributed by atoms with Gasteiger partial charge in [-0.05, 0) is 31.2 Å². The topological polar surface area (TPSA) is 79.3 Å². The lowest BCUT2D eigenvalue weighted by Crippen LogP contribution is -2.52. The average molecular weight is 492 g/mol. The Balaban J connectivity index is 1.35. The number of amides is 1. The number of carbonyl (C=O) groups excluding carboxylic acids is 1. The van der Waals surface area contributed by atoms with Gasteiger partial charge in [0.15, 0.2) is 0 Å². The van der Waals surface area contributed by atoms with Gasteiger partial charge in [0.2, 0.25) is 16.1 Å². The Morgan fingerprint density at radius 1 is 1.10 bits per heavy atom. The van der Waals surface area contributed by atoms with Gasteiger partial charge < -0.3 is 9.74 Å². The molecule has 0 aromatic heterocycles. The van der Waals surface area contributed by atoms with Crippen molar-refractivity contribution in [2.24, 2.45) is 5.16 Å². The van der Waals surface area contributed by atoms with E-state index in [9.17, 15) is 13.2 Å². The van der Waals surface area contributed by atoms with Crippen LogP contribution in [0.4, 0.5) is 0 Å². The van der Waals surface area contributed by atoms with Gasteiger partial charge in [0.25, 0.3) is 5.91 Å². The lowest BCUT2D eigenvalue weighted by atomic mass is 10.0. The summed E-state index contributed by atoms with van der Waals surface area (Å²) in [7, 11) is -3.56. The van der Waals surface area contributed by atoms with Crippen LogP contribution in [0.5, 0.6) is 0 Å². The first-order chi connectivity index (χ1) is 14.3. The third-order valence-corrected chi connectivity index (χ3v) is 7.72. The molecular formula is C21H22BrN3O4S. The molecule has 0 N–H and O–H groups in total. The van der Waals surface area contributed by atoms with Crippen molar-refractivity contribution in [3.8, 4) is 0 Å². The number of hydrogen-bond donors (Lipinski definition) is 0. The normalized spacial score (nSPS) is 20.0. The first-order valence-electron chi connectivity index (χ1n) is 9.69. The van der Waals surface area contributed by atoms with E-state index < -0.39 is 16.1 Å². The summed E-state index contributed by atoms with van der Waals surface area (Å²) in [6.45, 7) is 3.09. The zero-order valence-electron chi connectivity index (χ0n) is 16.5. The van der Waals surface area contributed by atoms with Crippen LogP contribution >= 0.6 is 15.9 Å². The maximum Gasteiger partial charge on any atom is 0.266 e. The summed E-state index contributed by atoms with van der Waals surface area (Å²) in [5, 5.41) is 4.09. The fourth-order valence-corrected chi connectivity index (χ4v) is 5.38. The Kier molecular flexibility index (Phi) is 5.95. The van der Waals surface area contributed by atoms with Crippen molar-refractivity contribution in [2.45, 2.75) is 24.3 Å². The Bertz CT molecular complexity index is 1080. The summed E-state index contributed by atoms with van der Waals surface area (Å²) in [4.78, 5) is 20.2. The molecule has 0 saturated carbocycles. The second-order valence-corrected chi connectivity index (χ2v) is 10.2. The molecule has 1 saturated heterocycles. The molecule has 1 fully saturated rings. The second-order valence-electron chi connectivity index (χ2n) is 7.39. The van der Waals surface area contributed by atoms with Gasteiger partial charge >= 0.3 is 0 Å². The number of piperazine rings is 1. The van der Waals surface area contributed by atoms with Crippen LogP contribution in [0, 0.1) is 6.92 Å². The van der Waals surface area contributed by atoms with Crippen LogP contribution in [0.15, 0.2) is 63.1 Å². The molecule has 2 aliphatic rings. The number of rotatable bonds is 4. The zero-order valence-corrected chi connectivity index (χ0v) is 18.9. The van der Waals surface area contributed by atoms with Crippen LogP contribution in [0.3, 0.4) is 0 Å². The fraction of sp³-hybridized carbons (Fsp3) is 0.333. The van der Waals surface area contributed by atoms with Gasteiger partial charge in [0.05, 0.1) is 10.6 Å². The van der Waals surface area contributed by atoms with Crippen molar-refractivity contribution in [1.29, 1.82) is 0 Å². The monoisotopic (exact) mass is 491 g/mol. The minimum atomic E-state index is -3.56. The quantitative estimate of drug-likeness (QED) is 0.658. The first kappa shape index (κ1) is 21.0. The highest BCUT2D eigenvalue weighted by Crippen LogP contribution is 2.23. The minimum Gasteiger partial charge on any atom is -0.382 e. The van der Waals surface area contributed by atoms with Gasteiger partial charge in [0, 0.05) is 42.6 Å². The molecule has 2 aromatic carbocycles. The number of halogens is 1. The fourth-order valence-electron chi connectivity index (χ4n) is 3.56. The summed E-state index contributed by atoms with van der Waals surface area (Å²) in [6.07, 6.45) is -0.267. The van der Waals surface area contributed by atoms with Gasteiger partial charge in [-0.15, -0.1) is 0 Å². The van der Waals surface area contributed by atoms with Crippen LogP contribution in [-0.2, 0) is 19.7 Å². The lowest BCUT2D eigenvalue weighted by Gasteiger charge is -2.34. The highest BCUT2D eigenvalue weighted by Gasteiger charge is 2.36. The van der Waals surface area contributed by atoms with E-state index in [1.54, 1.807) is 29.2 Å². The van der Waals surface area contributed by atoms with Crippen molar-refractivity contribution in [1.82, 2.24) is 9.21 Å². The van der Waals surface area contributed by atoms with Gasteiger partial charge in [-0.3, -0.25) is 4.79 Å². The molecule has 1 unspecified atom stereocenters. The van der Waals surface area contributed by atoms with E-state index >= 15 is 0 Å². The largest absolute Gasteiger partial charge is 0.382 e. The van der Waals surface area contributed by atoms with E-state index in [1.807, 2.05) is 31.2 Å². The van der Waals surface area contributed by atoms with Crippen molar-refractivity contribution in [2.75, 3.05) is 26.2 Å². The summed E-state index contributed by atoms with van der Waals surface area (Å²) < 4.78 is 28.0. The summed E-state index contributed by atoms with van der Waals surface area (Å²) >= 11 is 3.43. The molecule has 7 nitrogen and oxygen atoms in total. The number of oxime groups is 1. The number of carbonyl (C=O) groups is 1. The molecule has 2 aliphatic heterocycles. The van der Waals surface area contributed by atoms with Crippen LogP contribution in [0.25, 0.3) is 0 Å². The Hall–Kier alpha value is -2.23. The average Bonchev–Trinajstić information content (AvgIpc) is 3.24. The minimum absolute atomic E-state index is 0.156. The molecule has 0 bridgehead atoms. The second kappa shape index (κ2) is 8.49. The van der Waals surface area contributed by atoms with Crippen LogP contribution in [0.2, 0.25) is 0 Å². The van der Waals surface area contributed by atoms with E-state index in [1.165, 1.54) is 4.31 Å². The van der Waals surface area contributed by atoms with Crippen LogP contribution < -0.4 is 0 Å². The SMILES string of the molecule is Cc1ccc(S(=O)(=O)N2CCN(C(=O)C3CC(c4cccc(Br)c4)=NO3)CC2)cc1. The number of nitrogens with zero attached hydrogens (tertiary/aromatic N) is 3. The molecule has 1 atom stereocenters. The predicted molar refractivity (Wildman–Crippen MR) is 117 cm³/mol. The van der Waals surface area contributed by atoms with E-state index in [-0.39, 0.29) is 23.9 Å². The maximum absolute atomic E-state index is 12.9. The van der Waals surface area contributed by atoms with Crippen LogP contribution in [0.1, 0.15) is 17.5 Å². The van der Waals surface area contributed by atoms with Gasteiger partial charge in [-0.2, -0.15) is 4.31 Å². The molecular weight excluding hydrogens is 470 g/mol. The molecule has 30 heavy (non-hydrogen) atoms. The smallest absolute Gasteiger partial charge is 0.266 e. The van der Waals surface area contributed by atoms with Crippen molar-refractivity contribution in [3.05, 3.63) is 64.1 Å². The van der Waals surface area contributed by atoms with E-state index in [2.05, 4.69) is 21.1 Å². The van der Waals surface area contributed by atoms with Gasteiger partial charge in [-0.25, -0.2) is 8.42 Å². The molecule has 0 radical (unpaired) electrons.